The van der Waals surface area contributed by atoms with Gasteiger partial charge in [-0.25, -0.2) is 0 Å². The highest BCUT2D eigenvalue weighted by Crippen LogP contribution is 2.23. The number of aryl methyl sites for hydroxylation is 1. The van der Waals surface area contributed by atoms with Gasteiger partial charge in [0.25, 0.3) is 5.91 Å². The Balaban J connectivity index is 1.50. The van der Waals surface area contributed by atoms with Crippen LogP contribution >= 0.6 is 0 Å². The van der Waals surface area contributed by atoms with Crippen LogP contribution in [0.2, 0.25) is 0 Å². The molecule has 1 aromatic carbocycles. The first-order valence-corrected chi connectivity index (χ1v) is 8.10. The summed E-state index contributed by atoms with van der Waals surface area (Å²) >= 11 is 0. The molecule has 1 saturated heterocycles. The summed E-state index contributed by atoms with van der Waals surface area (Å²) < 4.78 is 45.4. The lowest BCUT2D eigenvalue weighted by Crippen LogP contribution is -2.48. The quantitative estimate of drug-likeness (QED) is 0.830. The number of alkyl halides is 3. The number of aromatic nitrogens is 1. The maximum atomic E-state index is 12.3. The normalized spacial score (nSPS) is 15.9. The fourth-order valence-electron chi connectivity index (χ4n) is 2.78. The summed E-state index contributed by atoms with van der Waals surface area (Å²) in [5.41, 5.74) is 1.54. The zero-order valence-electron chi connectivity index (χ0n) is 14.1. The van der Waals surface area contributed by atoms with Gasteiger partial charge in [-0.2, -0.15) is 0 Å². The number of ether oxygens (including phenoxy) is 1. The minimum Gasteiger partial charge on any atom is -0.406 e. The number of carbonyl (C=O) groups excluding carboxylic acids is 1. The predicted octanol–water partition coefficient (Wildman–Crippen LogP) is 2.84. The summed E-state index contributed by atoms with van der Waals surface area (Å²) in [6.07, 6.45) is -4.69. The molecule has 0 spiro atoms. The molecule has 0 saturated carbocycles. The number of rotatable bonds is 4. The maximum Gasteiger partial charge on any atom is 0.573 e. The van der Waals surface area contributed by atoms with E-state index in [1.165, 1.54) is 12.1 Å². The SMILES string of the molecule is Cc1cc(C(=O)N2CCN(Cc3ccc(OC(F)(F)F)cc3)CC2)on1. The highest BCUT2D eigenvalue weighted by Gasteiger charge is 2.31. The summed E-state index contributed by atoms with van der Waals surface area (Å²) in [4.78, 5) is 16.1. The van der Waals surface area contributed by atoms with Crippen LogP contribution in [0.1, 0.15) is 21.8 Å². The molecule has 0 N–H and O–H groups in total. The van der Waals surface area contributed by atoms with Crippen molar-refractivity contribution in [2.24, 2.45) is 0 Å². The number of benzene rings is 1. The minimum atomic E-state index is -4.69. The molecule has 0 unspecified atom stereocenters. The zero-order chi connectivity index (χ0) is 18.7. The summed E-state index contributed by atoms with van der Waals surface area (Å²) in [6, 6.07) is 7.43. The molecule has 0 radical (unpaired) electrons. The summed E-state index contributed by atoms with van der Waals surface area (Å²) in [5.74, 6) is -0.186. The number of nitrogens with zero attached hydrogens (tertiary/aromatic N) is 3. The topological polar surface area (TPSA) is 58.8 Å². The molecule has 140 valence electrons. The predicted molar refractivity (Wildman–Crippen MR) is 85.5 cm³/mol. The number of carbonyl (C=O) groups is 1. The minimum absolute atomic E-state index is 0.182. The van der Waals surface area contributed by atoms with E-state index in [0.717, 1.165) is 5.56 Å². The molecule has 0 atom stereocenters. The molecular formula is C17H18F3N3O3. The Morgan fingerprint density at radius 2 is 1.85 bits per heavy atom. The lowest BCUT2D eigenvalue weighted by atomic mass is 10.2. The van der Waals surface area contributed by atoms with Crippen LogP contribution in [0, 0.1) is 6.92 Å². The molecule has 6 nitrogen and oxygen atoms in total. The van der Waals surface area contributed by atoms with Crippen molar-refractivity contribution in [2.45, 2.75) is 19.8 Å². The molecule has 2 aromatic rings. The third-order valence-corrected chi connectivity index (χ3v) is 4.06. The molecule has 3 rings (SSSR count). The van der Waals surface area contributed by atoms with Gasteiger partial charge in [-0.15, -0.1) is 13.2 Å². The summed E-state index contributed by atoms with van der Waals surface area (Å²) in [5, 5.41) is 3.72. The molecular weight excluding hydrogens is 351 g/mol. The first-order valence-electron chi connectivity index (χ1n) is 8.10. The number of halogens is 3. The first-order chi connectivity index (χ1) is 12.3. The van der Waals surface area contributed by atoms with E-state index in [0.29, 0.717) is 38.4 Å². The van der Waals surface area contributed by atoms with Gasteiger partial charge in [-0.3, -0.25) is 9.69 Å². The molecule has 1 aromatic heterocycles. The van der Waals surface area contributed by atoms with E-state index in [-0.39, 0.29) is 17.4 Å². The van der Waals surface area contributed by atoms with Gasteiger partial charge in [0, 0.05) is 38.8 Å². The van der Waals surface area contributed by atoms with Crippen LogP contribution in [0.4, 0.5) is 13.2 Å². The molecule has 0 bridgehead atoms. The molecule has 1 amide bonds. The van der Waals surface area contributed by atoms with E-state index in [1.807, 2.05) is 0 Å². The van der Waals surface area contributed by atoms with E-state index in [2.05, 4.69) is 14.8 Å². The third-order valence-electron chi connectivity index (χ3n) is 4.06. The fraction of sp³-hybridized carbons (Fsp3) is 0.412. The second-order valence-electron chi connectivity index (χ2n) is 6.09. The van der Waals surface area contributed by atoms with Crippen LogP contribution in [-0.4, -0.2) is 53.4 Å². The van der Waals surface area contributed by atoms with Crippen molar-refractivity contribution in [1.29, 1.82) is 0 Å². The standard InChI is InChI=1S/C17H18F3N3O3/c1-12-10-15(26-21-12)16(24)23-8-6-22(7-9-23)11-13-2-4-14(5-3-13)25-17(18,19)20/h2-5,10H,6-9,11H2,1H3. The Kier molecular flexibility index (Phi) is 5.17. The highest BCUT2D eigenvalue weighted by molar-refractivity contribution is 5.91. The van der Waals surface area contributed by atoms with E-state index in [1.54, 1.807) is 30.0 Å². The molecule has 26 heavy (non-hydrogen) atoms. The average Bonchev–Trinajstić information content (AvgIpc) is 3.02. The number of hydrogen-bond acceptors (Lipinski definition) is 5. The van der Waals surface area contributed by atoms with Crippen molar-refractivity contribution in [3.8, 4) is 5.75 Å². The van der Waals surface area contributed by atoms with Crippen molar-refractivity contribution in [3.63, 3.8) is 0 Å². The fourth-order valence-corrected chi connectivity index (χ4v) is 2.78. The van der Waals surface area contributed by atoms with Crippen molar-refractivity contribution in [1.82, 2.24) is 15.0 Å². The van der Waals surface area contributed by atoms with E-state index in [4.69, 9.17) is 4.52 Å². The monoisotopic (exact) mass is 369 g/mol. The van der Waals surface area contributed by atoms with Crippen LogP contribution in [0.3, 0.4) is 0 Å². The summed E-state index contributed by atoms with van der Waals surface area (Å²) in [6.45, 7) is 4.78. The Labute approximate surface area is 148 Å². The van der Waals surface area contributed by atoms with Crippen molar-refractivity contribution >= 4 is 5.91 Å². The Morgan fingerprint density at radius 1 is 1.19 bits per heavy atom. The Hall–Kier alpha value is -2.55. The van der Waals surface area contributed by atoms with E-state index >= 15 is 0 Å². The number of piperazine rings is 1. The third kappa shape index (κ3) is 4.75. The Morgan fingerprint density at radius 3 is 2.38 bits per heavy atom. The second-order valence-corrected chi connectivity index (χ2v) is 6.09. The van der Waals surface area contributed by atoms with Gasteiger partial charge in [-0.05, 0) is 24.6 Å². The first kappa shape index (κ1) is 18.2. The van der Waals surface area contributed by atoms with E-state index < -0.39 is 6.36 Å². The van der Waals surface area contributed by atoms with E-state index in [9.17, 15) is 18.0 Å². The van der Waals surface area contributed by atoms with Gasteiger partial charge in [-0.1, -0.05) is 17.3 Å². The maximum absolute atomic E-state index is 12.3. The summed E-state index contributed by atoms with van der Waals surface area (Å²) in [7, 11) is 0. The number of amides is 1. The Bertz CT molecular complexity index is 751. The molecule has 0 aliphatic carbocycles. The van der Waals surface area contributed by atoms with Gasteiger partial charge >= 0.3 is 6.36 Å². The molecule has 1 aliphatic heterocycles. The van der Waals surface area contributed by atoms with Gasteiger partial charge in [0.15, 0.2) is 0 Å². The van der Waals surface area contributed by atoms with Crippen molar-refractivity contribution < 1.29 is 27.2 Å². The average molecular weight is 369 g/mol. The lowest BCUT2D eigenvalue weighted by Gasteiger charge is -2.34. The smallest absolute Gasteiger partial charge is 0.406 e. The molecule has 1 aliphatic rings. The lowest BCUT2D eigenvalue weighted by molar-refractivity contribution is -0.274. The highest BCUT2D eigenvalue weighted by atomic mass is 19.4. The zero-order valence-corrected chi connectivity index (χ0v) is 14.1. The van der Waals surface area contributed by atoms with Crippen LogP contribution in [0.5, 0.6) is 5.75 Å². The van der Waals surface area contributed by atoms with Crippen LogP contribution in [0.15, 0.2) is 34.9 Å². The largest absolute Gasteiger partial charge is 0.573 e. The van der Waals surface area contributed by atoms with Gasteiger partial charge in [0.1, 0.15) is 5.75 Å². The van der Waals surface area contributed by atoms with Crippen LogP contribution < -0.4 is 4.74 Å². The van der Waals surface area contributed by atoms with Gasteiger partial charge in [0.05, 0.1) is 5.69 Å². The molecule has 2 heterocycles. The van der Waals surface area contributed by atoms with Crippen molar-refractivity contribution in [3.05, 3.63) is 47.3 Å². The second kappa shape index (κ2) is 7.36. The molecule has 9 heteroatoms. The van der Waals surface area contributed by atoms with Crippen LogP contribution in [-0.2, 0) is 6.54 Å². The van der Waals surface area contributed by atoms with Crippen LogP contribution in [0.25, 0.3) is 0 Å². The molecule has 1 fully saturated rings. The van der Waals surface area contributed by atoms with Gasteiger partial charge < -0.3 is 14.2 Å². The number of hydrogen-bond donors (Lipinski definition) is 0. The van der Waals surface area contributed by atoms with Crippen molar-refractivity contribution in [2.75, 3.05) is 26.2 Å². The van der Waals surface area contributed by atoms with Gasteiger partial charge in [0.2, 0.25) is 5.76 Å².